The lowest BCUT2D eigenvalue weighted by Crippen LogP contribution is -2.30. The molecule has 3 rings (SSSR count). The van der Waals surface area contributed by atoms with Crippen molar-refractivity contribution < 1.29 is 0 Å². The molecule has 0 aliphatic carbocycles. The maximum absolute atomic E-state index is 4.52. The van der Waals surface area contributed by atoms with Crippen LogP contribution in [0, 0.1) is 0 Å². The smallest absolute Gasteiger partial charge is 0.107 e. The van der Waals surface area contributed by atoms with Gasteiger partial charge in [0.1, 0.15) is 5.69 Å². The van der Waals surface area contributed by atoms with Crippen molar-refractivity contribution in [2.75, 3.05) is 19.6 Å². The van der Waals surface area contributed by atoms with E-state index in [1.54, 1.807) is 6.20 Å². The topological polar surface area (TPSA) is 41.9 Å². The number of nitrogens with zero attached hydrogens (tertiary/aromatic N) is 4. The van der Waals surface area contributed by atoms with Crippen LogP contribution in [0.25, 0.3) is 11.4 Å². The molecule has 1 fully saturated rings. The van der Waals surface area contributed by atoms with Crippen LogP contribution in [0.2, 0.25) is 0 Å². The Hall–Kier alpha value is -1.81. The Bertz CT molecular complexity index is 532. The lowest BCUT2D eigenvalue weighted by Gasteiger charge is -2.26. The minimum Gasteiger partial charge on any atom is -0.303 e. The molecule has 21 heavy (non-hydrogen) atoms. The summed E-state index contributed by atoms with van der Waals surface area (Å²) in [4.78, 5) is 15.9. The summed E-state index contributed by atoms with van der Waals surface area (Å²) in [5.41, 5.74) is 2.80. The van der Waals surface area contributed by atoms with E-state index in [0.717, 1.165) is 29.9 Å². The molecule has 0 amide bonds. The summed E-state index contributed by atoms with van der Waals surface area (Å²) >= 11 is 0. The minimum absolute atomic E-state index is 0.843. The fraction of sp³-hybridized carbons (Fsp3) is 0.471. The molecule has 1 aliphatic heterocycles. The predicted octanol–water partition coefficient (Wildman–Crippen LogP) is 2.96. The summed E-state index contributed by atoms with van der Waals surface area (Å²) in [7, 11) is 0. The molecular weight excluding hydrogens is 260 g/mol. The second-order valence-corrected chi connectivity index (χ2v) is 5.61. The van der Waals surface area contributed by atoms with Crippen LogP contribution in [0.5, 0.6) is 0 Å². The standard InChI is InChI=1S/C17H22N4/c1-4-10-21(11-5-1)12-6-7-15-13-20-17(14-19-15)16-8-2-3-9-18-16/h2-3,8-9,13-14H,1,4-7,10-12H2. The number of pyridine rings is 1. The van der Waals surface area contributed by atoms with Crippen LogP contribution in [0.4, 0.5) is 0 Å². The lowest BCUT2D eigenvalue weighted by atomic mass is 10.1. The van der Waals surface area contributed by atoms with Gasteiger partial charge >= 0.3 is 0 Å². The van der Waals surface area contributed by atoms with Crippen molar-refractivity contribution in [3.63, 3.8) is 0 Å². The molecular formula is C17H22N4. The molecule has 0 N–H and O–H groups in total. The Kier molecular flexibility index (Phi) is 4.90. The van der Waals surface area contributed by atoms with Crippen LogP contribution < -0.4 is 0 Å². The zero-order valence-corrected chi connectivity index (χ0v) is 12.4. The normalized spacial score (nSPS) is 16.0. The Morgan fingerprint density at radius 3 is 2.52 bits per heavy atom. The van der Waals surface area contributed by atoms with Gasteiger partial charge in [0.2, 0.25) is 0 Å². The first kappa shape index (κ1) is 14.1. The number of rotatable bonds is 5. The molecule has 110 valence electrons. The Labute approximate surface area is 126 Å². The minimum atomic E-state index is 0.843. The average molecular weight is 282 g/mol. The first-order chi connectivity index (χ1) is 10.4. The summed E-state index contributed by atoms with van der Waals surface area (Å²) in [6, 6.07) is 5.84. The SMILES string of the molecule is c1ccc(-c2cnc(CCCN3CCCCC3)cn2)nc1. The predicted molar refractivity (Wildman–Crippen MR) is 83.9 cm³/mol. The van der Waals surface area contributed by atoms with Crippen LogP contribution in [-0.2, 0) is 6.42 Å². The number of hydrogen-bond acceptors (Lipinski definition) is 4. The monoisotopic (exact) mass is 282 g/mol. The van der Waals surface area contributed by atoms with E-state index in [0.29, 0.717) is 0 Å². The third kappa shape index (κ3) is 4.08. The van der Waals surface area contributed by atoms with Crippen LogP contribution in [0.3, 0.4) is 0 Å². The Balaban J connectivity index is 1.50. The van der Waals surface area contributed by atoms with E-state index >= 15 is 0 Å². The van der Waals surface area contributed by atoms with Crippen LogP contribution in [-0.4, -0.2) is 39.5 Å². The molecule has 0 bridgehead atoms. The number of likely N-dealkylation sites (tertiary alicyclic amines) is 1. The third-order valence-corrected chi connectivity index (χ3v) is 3.99. The van der Waals surface area contributed by atoms with Gasteiger partial charge in [-0.25, -0.2) is 0 Å². The highest BCUT2D eigenvalue weighted by Gasteiger charge is 2.09. The summed E-state index contributed by atoms with van der Waals surface area (Å²) in [6.45, 7) is 3.72. The van der Waals surface area contributed by atoms with E-state index in [2.05, 4.69) is 19.9 Å². The van der Waals surface area contributed by atoms with Crippen LogP contribution in [0.1, 0.15) is 31.4 Å². The molecule has 0 aromatic carbocycles. The highest BCUT2D eigenvalue weighted by Crippen LogP contribution is 2.13. The second kappa shape index (κ2) is 7.27. The van der Waals surface area contributed by atoms with Gasteiger partial charge in [0.15, 0.2) is 0 Å². The average Bonchev–Trinajstić information content (AvgIpc) is 2.57. The van der Waals surface area contributed by atoms with Crippen molar-refractivity contribution >= 4 is 0 Å². The van der Waals surface area contributed by atoms with Crippen molar-refractivity contribution in [3.05, 3.63) is 42.5 Å². The molecule has 0 unspecified atom stereocenters. The highest BCUT2D eigenvalue weighted by molar-refractivity contribution is 5.51. The summed E-state index contributed by atoms with van der Waals surface area (Å²) in [6.07, 6.45) is 11.8. The zero-order valence-electron chi connectivity index (χ0n) is 12.4. The van der Waals surface area contributed by atoms with Gasteiger partial charge < -0.3 is 4.90 Å². The van der Waals surface area contributed by atoms with Crippen molar-refractivity contribution in [1.29, 1.82) is 0 Å². The molecule has 2 aromatic rings. The van der Waals surface area contributed by atoms with Gasteiger partial charge in [0.25, 0.3) is 0 Å². The number of aryl methyl sites for hydroxylation is 1. The molecule has 0 atom stereocenters. The zero-order chi connectivity index (χ0) is 14.3. The molecule has 0 radical (unpaired) electrons. The fourth-order valence-electron chi connectivity index (χ4n) is 2.80. The number of piperidine rings is 1. The molecule has 1 saturated heterocycles. The summed E-state index contributed by atoms with van der Waals surface area (Å²) in [5.74, 6) is 0. The summed E-state index contributed by atoms with van der Waals surface area (Å²) < 4.78 is 0. The van der Waals surface area contributed by atoms with E-state index in [9.17, 15) is 0 Å². The Morgan fingerprint density at radius 2 is 1.81 bits per heavy atom. The van der Waals surface area contributed by atoms with Crippen molar-refractivity contribution in [1.82, 2.24) is 19.9 Å². The molecule has 0 saturated carbocycles. The van der Waals surface area contributed by atoms with Crippen molar-refractivity contribution in [2.45, 2.75) is 32.1 Å². The van der Waals surface area contributed by atoms with E-state index in [1.165, 1.54) is 38.9 Å². The largest absolute Gasteiger partial charge is 0.303 e. The molecule has 2 aromatic heterocycles. The first-order valence-corrected chi connectivity index (χ1v) is 7.86. The Morgan fingerprint density at radius 1 is 0.905 bits per heavy atom. The maximum atomic E-state index is 4.52. The third-order valence-electron chi connectivity index (χ3n) is 3.99. The van der Waals surface area contributed by atoms with Crippen molar-refractivity contribution in [2.24, 2.45) is 0 Å². The van der Waals surface area contributed by atoms with Gasteiger partial charge in [0.05, 0.1) is 17.6 Å². The lowest BCUT2D eigenvalue weighted by molar-refractivity contribution is 0.226. The molecule has 1 aliphatic rings. The van der Waals surface area contributed by atoms with Crippen LogP contribution in [0.15, 0.2) is 36.8 Å². The maximum Gasteiger partial charge on any atom is 0.107 e. The van der Waals surface area contributed by atoms with Gasteiger partial charge in [-0.05, 0) is 57.5 Å². The molecule has 0 spiro atoms. The summed E-state index contributed by atoms with van der Waals surface area (Å²) in [5, 5.41) is 0. The first-order valence-electron chi connectivity index (χ1n) is 7.86. The second-order valence-electron chi connectivity index (χ2n) is 5.61. The molecule has 4 nitrogen and oxygen atoms in total. The van der Waals surface area contributed by atoms with E-state index in [-0.39, 0.29) is 0 Å². The quantitative estimate of drug-likeness (QED) is 0.845. The van der Waals surface area contributed by atoms with Gasteiger partial charge in [0, 0.05) is 12.4 Å². The van der Waals surface area contributed by atoms with Gasteiger partial charge in [-0.2, -0.15) is 0 Å². The van der Waals surface area contributed by atoms with Crippen LogP contribution >= 0.6 is 0 Å². The fourth-order valence-corrected chi connectivity index (χ4v) is 2.80. The molecule has 3 heterocycles. The number of hydrogen-bond donors (Lipinski definition) is 0. The van der Waals surface area contributed by atoms with Crippen molar-refractivity contribution in [3.8, 4) is 11.4 Å². The molecule has 4 heteroatoms. The van der Waals surface area contributed by atoms with E-state index in [1.807, 2.05) is 30.6 Å². The van der Waals surface area contributed by atoms with E-state index < -0.39 is 0 Å². The van der Waals surface area contributed by atoms with Gasteiger partial charge in [-0.15, -0.1) is 0 Å². The number of aromatic nitrogens is 3. The highest BCUT2D eigenvalue weighted by atomic mass is 15.1. The van der Waals surface area contributed by atoms with Gasteiger partial charge in [-0.3, -0.25) is 15.0 Å². The van der Waals surface area contributed by atoms with Gasteiger partial charge in [-0.1, -0.05) is 12.5 Å². The van der Waals surface area contributed by atoms with E-state index in [4.69, 9.17) is 0 Å².